The molecule has 2 heterocycles. The Balaban J connectivity index is 2.06. The minimum Gasteiger partial charge on any atom is -0.370 e. The van der Waals surface area contributed by atoms with E-state index in [0.29, 0.717) is 0 Å². The standard InChI is InChI=1S/C11H15N5S/c1-3-12-10-9(5-4-6-13-10)7-17-11-14-8-15-16(11)2/h4-6,8H,3,7H2,1-2H3,(H,12,13). The number of hydrogen-bond acceptors (Lipinski definition) is 5. The van der Waals surface area contributed by atoms with Gasteiger partial charge < -0.3 is 5.32 Å². The van der Waals surface area contributed by atoms with Crippen molar-refractivity contribution >= 4 is 17.6 Å². The van der Waals surface area contributed by atoms with Gasteiger partial charge in [-0.3, -0.25) is 0 Å². The van der Waals surface area contributed by atoms with Crippen LogP contribution in [-0.4, -0.2) is 26.3 Å². The van der Waals surface area contributed by atoms with Crippen molar-refractivity contribution in [1.29, 1.82) is 0 Å². The normalized spacial score (nSPS) is 10.5. The van der Waals surface area contributed by atoms with E-state index in [0.717, 1.165) is 23.3 Å². The molecule has 2 rings (SSSR count). The van der Waals surface area contributed by atoms with Crippen LogP contribution in [0.1, 0.15) is 12.5 Å². The van der Waals surface area contributed by atoms with Crippen LogP contribution in [0.5, 0.6) is 0 Å². The van der Waals surface area contributed by atoms with Gasteiger partial charge in [0.2, 0.25) is 0 Å². The van der Waals surface area contributed by atoms with Gasteiger partial charge in [-0.25, -0.2) is 14.6 Å². The van der Waals surface area contributed by atoms with E-state index in [1.807, 2.05) is 13.1 Å². The number of hydrogen-bond donors (Lipinski definition) is 1. The monoisotopic (exact) mass is 249 g/mol. The Morgan fingerprint density at radius 3 is 3.00 bits per heavy atom. The predicted molar refractivity (Wildman–Crippen MR) is 69.0 cm³/mol. The van der Waals surface area contributed by atoms with E-state index in [1.54, 1.807) is 29.0 Å². The lowest BCUT2D eigenvalue weighted by molar-refractivity contribution is 0.685. The molecular formula is C11H15N5S. The molecule has 0 unspecified atom stereocenters. The highest BCUT2D eigenvalue weighted by molar-refractivity contribution is 7.98. The number of aromatic nitrogens is 4. The van der Waals surface area contributed by atoms with Gasteiger partial charge in [0.1, 0.15) is 12.1 Å². The Hall–Kier alpha value is -1.56. The van der Waals surface area contributed by atoms with Gasteiger partial charge in [0, 0.05) is 31.1 Å². The summed E-state index contributed by atoms with van der Waals surface area (Å²) in [6, 6.07) is 4.03. The molecule has 17 heavy (non-hydrogen) atoms. The summed E-state index contributed by atoms with van der Waals surface area (Å²) >= 11 is 1.66. The zero-order valence-electron chi connectivity index (χ0n) is 9.92. The third-order valence-corrected chi connectivity index (χ3v) is 3.35. The van der Waals surface area contributed by atoms with Gasteiger partial charge in [-0.15, -0.1) is 0 Å². The van der Waals surface area contributed by atoms with Gasteiger partial charge >= 0.3 is 0 Å². The van der Waals surface area contributed by atoms with Crippen LogP contribution in [0, 0.1) is 0 Å². The summed E-state index contributed by atoms with van der Waals surface area (Å²) in [5, 5.41) is 8.21. The molecule has 2 aromatic heterocycles. The van der Waals surface area contributed by atoms with Gasteiger partial charge in [0.25, 0.3) is 0 Å². The van der Waals surface area contributed by atoms with Crippen LogP contribution in [0.3, 0.4) is 0 Å². The number of nitrogens with one attached hydrogen (secondary N) is 1. The van der Waals surface area contributed by atoms with E-state index >= 15 is 0 Å². The Kier molecular flexibility index (Phi) is 3.98. The minimum absolute atomic E-state index is 0.836. The quantitative estimate of drug-likeness (QED) is 0.821. The van der Waals surface area contributed by atoms with Crippen molar-refractivity contribution in [3.8, 4) is 0 Å². The summed E-state index contributed by atoms with van der Waals surface area (Å²) in [5.41, 5.74) is 1.18. The molecule has 0 aliphatic heterocycles. The topological polar surface area (TPSA) is 55.6 Å². The average Bonchev–Trinajstić information content (AvgIpc) is 2.74. The molecule has 6 heteroatoms. The molecule has 0 spiro atoms. The Morgan fingerprint density at radius 2 is 2.29 bits per heavy atom. The van der Waals surface area contributed by atoms with Crippen molar-refractivity contribution in [2.45, 2.75) is 17.8 Å². The van der Waals surface area contributed by atoms with Crippen LogP contribution in [0.25, 0.3) is 0 Å². The molecule has 0 fully saturated rings. The fourth-order valence-electron chi connectivity index (χ4n) is 1.44. The number of aryl methyl sites for hydroxylation is 1. The zero-order valence-corrected chi connectivity index (χ0v) is 10.7. The maximum absolute atomic E-state index is 4.32. The molecule has 0 amide bonds. The maximum atomic E-state index is 4.32. The van der Waals surface area contributed by atoms with E-state index in [4.69, 9.17) is 0 Å². The van der Waals surface area contributed by atoms with Crippen LogP contribution >= 0.6 is 11.8 Å². The van der Waals surface area contributed by atoms with Crippen molar-refractivity contribution in [2.75, 3.05) is 11.9 Å². The van der Waals surface area contributed by atoms with Gasteiger partial charge in [-0.1, -0.05) is 17.8 Å². The van der Waals surface area contributed by atoms with E-state index in [-0.39, 0.29) is 0 Å². The summed E-state index contributed by atoms with van der Waals surface area (Å²) in [7, 11) is 1.89. The Labute approximate surface area is 105 Å². The molecule has 0 aliphatic rings. The summed E-state index contributed by atoms with van der Waals surface area (Å²) in [5.74, 6) is 1.78. The lowest BCUT2D eigenvalue weighted by atomic mass is 10.3. The fraction of sp³-hybridized carbons (Fsp3) is 0.364. The van der Waals surface area contributed by atoms with Crippen molar-refractivity contribution in [1.82, 2.24) is 19.7 Å². The molecule has 1 N–H and O–H groups in total. The molecule has 0 bridgehead atoms. The highest BCUT2D eigenvalue weighted by Crippen LogP contribution is 2.23. The summed E-state index contributed by atoms with van der Waals surface area (Å²) in [6.07, 6.45) is 3.37. The highest BCUT2D eigenvalue weighted by atomic mass is 32.2. The third kappa shape index (κ3) is 2.97. The second kappa shape index (κ2) is 5.67. The van der Waals surface area contributed by atoms with Gasteiger partial charge in [-0.2, -0.15) is 5.10 Å². The first-order valence-corrected chi connectivity index (χ1v) is 6.44. The summed E-state index contributed by atoms with van der Waals surface area (Å²) in [6.45, 7) is 2.94. The summed E-state index contributed by atoms with van der Waals surface area (Å²) in [4.78, 5) is 8.50. The largest absolute Gasteiger partial charge is 0.370 e. The summed E-state index contributed by atoms with van der Waals surface area (Å²) < 4.78 is 1.77. The number of pyridine rings is 1. The SMILES string of the molecule is CCNc1ncccc1CSc1ncnn1C. The average molecular weight is 249 g/mol. The van der Waals surface area contributed by atoms with Crippen molar-refractivity contribution in [2.24, 2.45) is 7.05 Å². The van der Waals surface area contributed by atoms with Crippen molar-refractivity contribution in [3.05, 3.63) is 30.2 Å². The molecule has 90 valence electrons. The zero-order chi connectivity index (χ0) is 12.1. The van der Waals surface area contributed by atoms with Gasteiger partial charge in [0.05, 0.1) is 0 Å². The molecule has 0 aromatic carbocycles. The predicted octanol–water partition coefficient (Wildman–Crippen LogP) is 1.93. The lowest BCUT2D eigenvalue weighted by Gasteiger charge is -2.08. The van der Waals surface area contributed by atoms with E-state index in [1.165, 1.54) is 5.56 Å². The smallest absolute Gasteiger partial charge is 0.186 e. The highest BCUT2D eigenvalue weighted by Gasteiger charge is 2.06. The van der Waals surface area contributed by atoms with Gasteiger partial charge in [-0.05, 0) is 13.0 Å². The fourth-order valence-corrected chi connectivity index (χ4v) is 2.31. The molecule has 2 aromatic rings. The Bertz CT molecular complexity index is 482. The molecule has 0 saturated heterocycles. The van der Waals surface area contributed by atoms with Crippen molar-refractivity contribution in [3.63, 3.8) is 0 Å². The maximum Gasteiger partial charge on any atom is 0.186 e. The van der Waals surface area contributed by atoms with Gasteiger partial charge in [0.15, 0.2) is 5.16 Å². The molecule has 0 saturated carbocycles. The molecule has 5 nitrogen and oxygen atoms in total. The number of thioether (sulfide) groups is 1. The first-order chi connectivity index (χ1) is 8.31. The number of nitrogens with zero attached hydrogens (tertiary/aromatic N) is 4. The second-order valence-corrected chi connectivity index (χ2v) is 4.44. The number of anilines is 1. The lowest BCUT2D eigenvalue weighted by Crippen LogP contribution is -2.02. The number of rotatable bonds is 5. The van der Waals surface area contributed by atoms with Crippen LogP contribution in [-0.2, 0) is 12.8 Å². The van der Waals surface area contributed by atoms with E-state index in [2.05, 4.69) is 33.4 Å². The van der Waals surface area contributed by atoms with E-state index in [9.17, 15) is 0 Å². The molecular weight excluding hydrogens is 234 g/mol. The molecule has 0 radical (unpaired) electrons. The first kappa shape index (κ1) is 11.9. The first-order valence-electron chi connectivity index (χ1n) is 5.45. The minimum atomic E-state index is 0.836. The second-order valence-electron chi connectivity index (χ2n) is 3.50. The van der Waals surface area contributed by atoms with Crippen LogP contribution in [0.15, 0.2) is 29.8 Å². The van der Waals surface area contributed by atoms with Crippen molar-refractivity contribution < 1.29 is 0 Å². The molecule has 0 aliphatic carbocycles. The molecule has 0 atom stereocenters. The van der Waals surface area contributed by atoms with Crippen LogP contribution in [0.4, 0.5) is 5.82 Å². The van der Waals surface area contributed by atoms with E-state index < -0.39 is 0 Å². The third-order valence-electron chi connectivity index (χ3n) is 2.26. The Morgan fingerprint density at radius 1 is 1.41 bits per heavy atom. The van der Waals surface area contributed by atoms with Crippen LogP contribution < -0.4 is 5.32 Å². The van der Waals surface area contributed by atoms with Crippen LogP contribution in [0.2, 0.25) is 0 Å².